The van der Waals surface area contributed by atoms with E-state index in [1.807, 2.05) is 0 Å². The van der Waals surface area contributed by atoms with Crippen LogP contribution in [0, 0.1) is 5.82 Å². The van der Waals surface area contributed by atoms with Crippen LogP contribution in [0.3, 0.4) is 0 Å². The summed E-state index contributed by atoms with van der Waals surface area (Å²) in [5.41, 5.74) is -2.16. The highest BCUT2D eigenvalue weighted by atomic mass is 35.5. The van der Waals surface area contributed by atoms with Crippen LogP contribution in [0.2, 0.25) is 10.0 Å². The van der Waals surface area contributed by atoms with E-state index in [1.165, 1.54) is 9.58 Å². The van der Waals surface area contributed by atoms with Crippen LogP contribution in [0.25, 0.3) is 16.9 Å². The summed E-state index contributed by atoms with van der Waals surface area (Å²) in [4.78, 5) is 27.2. The first-order chi connectivity index (χ1) is 20.3. The van der Waals surface area contributed by atoms with E-state index in [-0.39, 0.29) is 42.8 Å². The Labute approximate surface area is 252 Å². The van der Waals surface area contributed by atoms with E-state index in [0.29, 0.717) is 39.1 Å². The van der Waals surface area contributed by atoms with Gasteiger partial charge < -0.3 is 15.1 Å². The van der Waals surface area contributed by atoms with Crippen LogP contribution in [0.1, 0.15) is 40.0 Å². The van der Waals surface area contributed by atoms with Gasteiger partial charge in [-0.05, 0) is 54.8 Å². The molecule has 4 aromatic rings. The molecule has 2 N–H and O–H groups in total. The summed E-state index contributed by atoms with van der Waals surface area (Å²) in [6.45, 7) is -0.175. The van der Waals surface area contributed by atoms with Gasteiger partial charge >= 0.3 is 12.1 Å². The van der Waals surface area contributed by atoms with Crippen LogP contribution in [0.5, 0.6) is 0 Å². The van der Waals surface area contributed by atoms with Gasteiger partial charge in [0.05, 0.1) is 34.0 Å². The van der Waals surface area contributed by atoms with Crippen LogP contribution >= 0.6 is 23.2 Å². The quantitative estimate of drug-likeness (QED) is 0.228. The summed E-state index contributed by atoms with van der Waals surface area (Å²) < 4.78 is 55.1. The number of hydrogen-bond acceptors (Lipinski definition) is 4. The molecule has 0 spiro atoms. The minimum atomic E-state index is -4.95. The summed E-state index contributed by atoms with van der Waals surface area (Å²) in [6.07, 6.45) is -5.80. The van der Waals surface area contributed by atoms with Crippen molar-refractivity contribution in [3.8, 4) is 16.9 Å². The van der Waals surface area contributed by atoms with Crippen molar-refractivity contribution in [2.75, 3.05) is 13.1 Å². The molecule has 7 nitrogen and oxygen atoms in total. The minimum absolute atomic E-state index is 0.0875. The maximum atomic E-state index is 13.9. The number of carbonyl (C=O) groups excluding carboxylic acids is 1. The lowest BCUT2D eigenvalue weighted by Gasteiger charge is -2.38. The predicted octanol–water partition coefficient (Wildman–Crippen LogP) is 6.75. The molecule has 224 valence electrons. The zero-order valence-corrected chi connectivity index (χ0v) is 23.7. The van der Waals surface area contributed by atoms with E-state index in [1.54, 1.807) is 48.5 Å². The van der Waals surface area contributed by atoms with Gasteiger partial charge in [-0.2, -0.15) is 18.3 Å². The molecule has 1 aliphatic rings. The number of halogens is 6. The molecule has 0 radical (unpaired) electrons. The molecule has 5 rings (SSSR count). The number of likely N-dealkylation sites (tertiary alicyclic amines) is 1. The normalized spacial score (nSPS) is 15.0. The Kier molecular flexibility index (Phi) is 8.26. The third kappa shape index (κ3) is 6.11. The van der Waals surface area contributed by atoms with Crippen molar-refractivity contribution >= 4 is 35.1 Å². The number of amides is 1. The summed E-state index contributed by atoms with van der Waals surface area (Å²) in [6, 6.07) is 15.6. The fourth-order valence-electron chi connectivity index (χ4n) is 5.19. The number of carbonyl (C=O) groups is 2. The highest BCUT2D eigenvalue weighted by Crippen LogP contribution is 2.39. The van der Waals surface area contributed by atoms with Crippen molar-refractivity contribution in [2.24, 2.45) is 0 Å². The van der Waals surface area contributed by atoms with Gasteiger partial charge in [-0.1, -0.05) is 53.5 Å². The Morgan fingerprint density at radius 2 is 1.63 bits per heavy atom. The molecular formula is C30H23Cl2F4N3O4. The van der Waals surface area contributed by atoms with Crippen molar-refractivity contribution in [3.63, 3.8) is 0 Å². The number of hydrogen-bond donors (Lipinski definition) is 2. The van der Waals surface area contributed by atoms with Crippen molar-refractivity contribution < 1.29 is 37.4 Å². The van der Waals surface area contributed by atoms with E-state index in [9.17, 15) is 37.4 Å². The van der Waals surface area contributed by atoms with E-state index >= 15 is 0 Å². The van der Waals surface area contributed by atoms with E-state index < -0.39 is 41.5 Å². The molecule has 13 heteroatoms. The van der Waals surface area contributed by atoms with Gasteiger partial charge in [-0.3, -0.25) is 9.59 Å². The number of rotatable bonds is 6. The average molecular weight is 636 g/mol. The third-order valence-corrected chi connectivity index (χ3v) is 7.97. The van der Waals surface area contributed by atoms with E-state index in [2.05, 4.69) is 5.10 Å². The first kappa shape index (κ1) is 30.5. The number of carboxylic acids is 1. The molecule has 0 unspecified atom stereocenters. The molecule has 1 aromatic heterocycles. The van der Waals surface area contributed by atoms with Gasteiger partial charge in [0.15, 0.2) is 5.69 Å². The molecule has 1 amide bonds. The van der Waals surface area contributed by atoms with E-state index in [4.69, 9.17) is 23.2 Å². The molecular weight excluding hydrogens is 613 g/mol. The maximum Gasteiger partial charge on any atom is 0.419 e. The number of alkyl halides is 3. The second-order valence-corrected chi connectivity index (χ2v) is 11.0. The van der Waals surface area contributed by atoms with Crippen molar-refractivity contribution in [2.45, 2.75) is 31.0 Å². The summed E-state index contributed by atoms with van der Waals surface area (Å²) in [5, 5.41) is 26.3. The van der Waals surface area contributed by atoms with Crippen LogP contribution < -0.4 is 0 Å². The Hall–Kier alpha value is -3.93. The third-order valence-electron chi connectivity index (χ3n) is 7.40. The molecule has 0 aliphatic carbocycles. The van der Waals surface area contributed by atoms with Crippen LogP contribution in [-0.2, 0) is 23.0 Å². The van der Waals surface area contributed by atoms with Gasteiger partial charge in [-0.15, -0.1) is 0 Å². The molecule has 0 atom stereocenters. The molecule has 1 saturated heterocycles. The number of piperidine rings is 1. The lowest BCUT2D eigenvalue weighted by Crippen LogP contribution is -2.45. The SMILES string of the molecule is O=C(O)Cc1c(C(=O)N2CCC(O)(c3ccc(F)c(C(F)(F)F)c3)CC2)nn(-c2ccccc2Cl)c1-c1ccc(Cl)cc1. The monoisotopic (exact) mass is 635 g/mol. The number of aliphatic hydroxyl groups is 1. The van der Waals surface area contributed by atoms with Gasteiger partial charge in [0, 0.05) is 29.2 Å². The molecule has 2 heterocycles. The Morgan fingerprint density at radius 3 is 2.23 bits per heavy atom. The zero-order valence-electron chi connectivity index (χ0n) is 22.2. The topological polar surface area (TPSA) is 95.7 Å². The molecule has 1 aliphatic heterocycles. The smallest absolute Gasteiger partial charge is 0.419 e. The number of carboxylic acid groups (broad SMARTS) is 1. The molecule has 0 bridgehead atoms. The summed E-state index contributed by atoms with van der Waals surface area (Å²) >= 11 is 12.5. The maximum absolute atomic E-state index is 13.9. The first-order valence-corrected chi connectivity index (χ1v) is 13.8. The summed E-state index contributed by atoms with van der Waals surface area (Å²) in [5.74, 6) is -3.30. The highest BCUT2D eigenvalue weighted by molar-refractivity contribution is 6.32. The van der Waals surface area contributed by atoms with Crippen molar-refractivity contribution in [1.29, 1.82) is 0 Å². The fourth-order valence-corrected chi connectivity index (χ4v) is 5.53. The lowest BCUT2D eigenvalue weighted by molar-refractivity contribution is -0.140. The average Bonchev–Trinajstić information content (AvgIpc) is 3.31. The standard InChI is InChI=1S/C30H23Cl2F4N3O4/c31-19-8-5-17(6-9-19)27-20(16-25(40)41)26(37-39(27)24-4-2-1-3-22(24)32)28(42)38-13-11-29(43,12-14-38)18-7-10-23(33)21(15-18)30(34,35)36/h1-10,15,43H,11-14,16H2,(H,40,41). The minimum Gasteiger partial charge on any atom is -0.481 e. The van der Waals surface area contributed by atoms with Gasteiger partial charge in [0.2, 0.25) is 0 Å². The number of nitrogens with zero attached hydrogens (tertiary/aromatic N) is 3. The molecule has 0 saturated carbocycles. The van der Waals surface area contributed by atoms with Gasteiger partial charge in [-0.25, -0.2) is 9.07 Å². The predicted molar refractivity (Wildman–Crippen MR) is 151 cm³/mol. The largest absolute Gasteiger partial charge is 0.481 e. The lowest BCUT2D eigenvalue weighted by atomic mass is 9.83. The molecule has 3 aromatic carbocycles. The first-order valence-electron chi connectivity index (χ1n) is 13.0. The van der Waals surface area contributed by atoms with Gasteiger partial charge in [0.1, 0.15) is 5.82 Å². The second kappa shape index (κ2) is 11.6. The highest BCUT2D eigenvalue weighted by Gasteiger charge is 2.40. The summed E-state index contributed by atoms with van der Waals surface area (Å²) in [7, 11) is 0. The van der Waals surface area contributed by atoms with Crippen LogP contribution in [0.4, 0.5) is 17.6 Å². The van der Waals surface area contributed by atoms with Gasteiger partial charge in [0.25, 0.3) is 5.91 Å². The van der Waals surface area contributed by atoms with Crippen molar-refractivity contribution in [3.05, 3.63) is 105 Å². The van der Waals surface area contributed by atoms with Crippen molar-refractivity contribution in [1.82, 2.24) is 14.7 Å². The number of para-hydroxylation sites is 1. The number of aliphatic carboxylic acids is 1. The second-order valence-electron chi connectivity index (χ2n) is 10.1. The van der Waals surface area contributed by atoms with Crippen LogP contribution in [0.15, 0.2) is 66.7 Å². The Balaban J connectivity index is 1.53. The Morgan fingerprint density at radius 1 is 0.977 bits per heavy atom. The number of aromatic nitrogens is 2. The number of benzene rings is 3. The van der Waals surface area contributed by atoms with E-state index in [0.717, 1.165) is 6.07 Å². The molecule has 1 fully saturated rings. The Bertz CT molecular complexity index is 1700. The van der Waals surface area contributed by atoms with Crippen LogP contribution in [-0.4, -0.2) is 49.9 Å². The molecule has 43 heavy (non-hydrogen) atoms. The fraction of sp³-hybridized carbons (Fsp3) is 0.233. The zero-order chi connectivity index (χ0) is 31.1.